The van der Waals surface area contributed by atoms with Crippen molar-refractivity contribution in [2.24, 2.45) is 0 Å². The lowest BCUT2D eigenvalue weighted by Crippen LogP contribution is -2.35. The number of aryl methyl sites for hydroxylation is 1. The number of nitrogens with one attached hydrogen (secondary N) is 1. The molecule has 0 saturated carbocycles. The van der Waals surface area contributed by atoms with Gasteiger partial charge < -0.3 is 14.5 Å². The van der Waals surface area contributed by atoms with Crippen LogP contribution in [0.1, 0.15) is 30.5 Å². The molecule has 1 atom stereocenters. The molecule has 1 unspecified atom stereocenters. The monoisotopic (exact) mass is 321 g/mol. The van der Waals surface area contributed by atoms with E-state index in [1.807, 2.05) is 30.9 Å². The van der Waals surface area contributed by atoms with Crippen molar-refractivity contribution < 1.29 is 4.74 Å². The van der Waals surface area contributed by atoms with E-state index in [1.54, 1.807) is 7.05 Å². The topological polar surface area (TPSA) is 38.6 Å². The summed E-state index contributed by atoms with van der Waals surface area (Å²) in [7, 11) is 1.80. The number of hydrogen-bond acceptors (Lipinski definition) is 4. The summed E-state index contributed by atoms with van der Waals surface area (Å²) in [6.07, 6.45) is 7.51. The van der Waals surface area contributed by atoms with Crippen molar-refractivity contribution in [1.29, 1.82) is 0 Å². The van der Waals surface area contributed by atoms with Gasteiger partial charge in [0.15, 0.2) is 4.93 Å². The van der Waals surface area contributed by atoms with Gasteiger partial charge in [0.1, 0.15) is 5.65 Å². The molecule has 1 aliphatic rings. The van der Waals surface area contributed by atoms with Crippen molar-refractivity contribution in [2.45, 2.75) is 31.1 Å². The van der Waals surface area contributed by atoms with Gasteiger partial charge in [-0.05, 0) is 49.9 Å². The first-order valence-corrected chi connectivity index (χ1v) is 8.53. The Hall–Kier alpha value is -1.27. The summed E-state index contributed by atoms with van der Waals surface area (Å²) >= 11 is 7.08. The maximum atomic E-state index is 6.12. The van der Waals surface area contributed by atoms with E-state index in [2.05, 4.69) is 27.0 Å². The number of thiocarbonyl (C=S) groups is 1. The standard InChI is InChI=1S/C15H19N3OS2/c1-11-9-18-10-12(5-6-13(18)17-11)15(19-14(20)16-2)7-3-4-8-21-15/h5-6,9-10H,3-4,7-8H2,1-2H3,(H,16,20). The van der Waals surface area contributed by atoms with Crippen LogP contribution in [0.4, 0.5) is 0 Å². The fourth-order valence-electron chi connectivity index (χ4n) is 2.68. The molecule has 0 aromatic carbocycles. The van der Waals surface area contributed by atoms with Crippen LogP contribution >= 0.6 is 24.0 Å². The van der Waals surface area contributed by atoms with E-state index in [4.69, 9.17) is 17.0 Å². The lowest BCUT2D eigenvalue weighted by atomic mass is 10.0. The quantitative estimate of drug-likeness (QED) is 0.860. The number of thioether (sulfide) groups is 1. The van der Waals surface area contributed by atoms with E-state index < -0.39 is 0 Å². The zero-order valence-corrected chi connectivity index (χ0v) is 13.9. The van der Waals surface area contributed by atoms with Crippen LogP contribution < -0.4 is 5.32 Å². The molecule has 2 aromatic rings. The summed E-state index contributed by atoms with van der Waals surface area (Å²) < 4.78 is 8.18. The molecule has 6 heteroatoms. The molecular weight excluding hydrogens is 302 g/mol. The van der Waals surface area contributed by atoms with E-state index in [9.17, 15) is 0 Å². The number of rotatable bonds is 2. The number of ether oxygens (including phenoxy) is 1. The van der Waals surface area contributed by atoms with Crippen LogP contribution in [0.25, 0.3) is 5.65 Å². The second-order valence-electron chi connectivity index (χ2n) is 5.26. The van der Waals surface area contributed by atoms with Gasteiger partial charge in [-0.2, -0.15) is 0 Å². The third-order valence-corrected chi connectivity index (χ3v) is 5.48. The number of nitrogens with zero attached hydrogens (tertiary/aromatic N) is 2. The summed E-state index contributed by atoms with van der Waals surface area (Å²) in [5.41, 5.74) is 3.13. The van der Waals surface area contributed by atoms with Gasteiger partial charge in [-0.25, -0.2) is 4.98 Å². The molecule has 0 aliphatic carbocycles. The minimum Gasteiger partial charge on any atom is -0.449 e. The molecule has 0 radical (unpaired) electrons. The molecule has 3 heterocycles. The molecule has 2 aromatic heterocycles. The Morgan fingerprint density at radius 1 is 1.43 bits per heavy atom. The predicted octanol–water partition coefficient (Wildman–Crippen LogP) is 3.23. The van der Waals surface area contributed by atoms with Gasteiger partial charge in [0, 0.05) is 31.4 Å². The van der Waals surface area contributed by atoms with E-state index in [-0.39, 0.29) is 4.93 Å². The molecule has 112 valence electrons. The summed E-state index contributed by atoms with van der Waals surface area (Å²) in [5.74, 6) is 1.09. The zero-order chi connectivity index (χ0) is 14.9. The van der Waals surface area contributed by atoms with Crippen molar-refractivity contribution in [3.63, 3.8) is 0 Å². The Morgan fingerprint density at radius 3 is 3.00 bits per heavy atom. The molecule has 4 nitrogen and oxygen atoms in total. The van der Waals surface area contributed by atoms with Crippen molar-refractivity contribution >= 4 is 34.8 Å². The normalized spacial score (nSPS) is 22.2. The number of fused-ring (bicyclic) bond motifs is 1. The molecule has 1 fully saturated rings. The average Bonchev–Trinajstić information content (AvgIpc) is 2.87. The lowest BCUT2D eigenvalue weighted by molar-refractivity contribution is 0.133. The molecule has 0 spiro atoms. The molecule has 1 aliphatic heterocycles. The highest BCUT2D eigenvalue weighted by Gasteiger charge is 2.38. The van der Waals surface area contributed by atoms with Gasteiger partial charge in [-0.3, -0.25) is 0 Å². The third kappa shape index (κ3) is 2.87. The van der Waals surface area contributed by atoms with Gasteiger partial charge in [0.2, 0.25) is 0 Å². The summed E-state index contributed by atoms with van der Waals surface area (Å²) in [4.78, 5) is 4.09. The fourth-order valence-corrected chi connectivity index (χ4v) is 4.27. The Balaban J connectivity index is 2.02. The molecule has 1 N–H and O–H groups in total. The van der Waals surface area contributed by atoms with Crippen LogP contribution in [0, 0.1) is 6.92 Å². The highest BCUT2D eigenvalue weighted by atomic mass is 32.2. The third-order valence-electron chi connectivity index (χ3n) is 3.71. The van der Waals surface area contributed by atoms with Crippen molar-refractivity contribution in [3.05, 3.63) is 35.8 Å². The smallest absolute Gasteiger partial charge is 0.258 e. The van der Waals surface area contributed by atoms with Gasteiger partial charge in [-0.15, -0.1) is 11.8 Å². The first kappa shape index (κ1) is 14.7. The first-order valence-electron chi connectivity index (χ1n) is 7.13. The highest BCUT2D eigenvalue weighted by Crippen LogP contribution is 2.46. The van der Waals surface area contributed by atoms with Crippen molar-refractivity contribution in [2.75, 3.05) is 12.8 Å². The Bertz CT molecular complexity index is 662. The minimum atomic E-state index is -0.384. The van der Waals surface area contributed by atoms with Crippen molar-refractivity contribution in [1.82, 2.24) is 14.7 Å². The van der Waals surface area contributed by atoms with Crippen LogP contribution in [0.5, 0.6) is 0 Å². The minimum absolute atomic E-state index is 0.384. The highest BCUT2D eigenvalue weighted by molar-refractivity contribution is 8.00. The van der Waals surface area contributed by atoms with Crippen LogP contribution in [0.15, 0.2) is 24.5 Å². The number of hydrogen-bond donors (Lipinski definition) is 1. The average molecular weight is 321 g/mol. The van der Waals surface area contributed by atoms with Crippen molar-refractivity contribution in [3.8, 4) is 0 Å². The van der Waals surface area contributed by atoms with Crippen LogP contribution in [0.2, 0.25) is 0 Å². The van der Waals surface area contributed by atoms with E-state index in [0.717, 1.165) is 35.5 Å². The van der Waals surface area contributed by atoms with E-state index >= 15 is 0 Å². The molecule has 0 bridgehead atoms. The summed E-state index contributed by atoms with van der Waals surface area (Å²) in [6.45, 7) is 2.00. The van der Waals surface area contributed by atoms with Gasteiger partial charge >= 0.3 is 0 Å². The Morgan fingerprint density at radius 2 is 2.29 bits per heavy atom. The van der Waals surface area contributed by atoms with E-state index in [1.165, 1.54) is 6.42 Å². The predicted molar refractivity (Wildman–Crippen MR) is 90.7 cm³/mol. The number of imidazole rings is 1. The van der Waals surface area contributed by atoms with Crippen LogP contribution in [0.3, 0.4) is 0 Å². The Labute approximate surface area is 134 Å². The largest absolute Gasteiger partial charge is 0.449 e. The van der Waals surface area contributed by atoms with Crippen LogP contribution in [-0.2, 0) is 9.67 Å². The Kier molecular flexibility index (Phi) is 4.08. The SMILES string of the molecule is CNC(=S)OC1(c2ccc3nc(C)cn3c2)CCCCS1. The molecular formula is C15H19N3OS2. The second-order valence-corrected chi connectivity index (χ2v) is 6.99. The molecule has 1 saturated heterocycles. The zero-order valence-electron chi connectivity index (χ0n) is 12.3. The van der Waals surface area contributed by atoms with Gasteiger partial charge in [-0.1, -0.05) is 0 Å². The number of pyridine rings is 1. The summed E-state index contributed by atoms with van der Waals surface area (Å²) in [5, 5.41) is 3.38. The summed E-state index contributed by atoms with van der Waals surface area (Å²) in [6, 6.07) is 4.16. The van der Waals surface area contributed by atoms with Gasteiger partial charge in [0.05, 0.1) is 5.69 Å². The first-order chi connectivity index (χ1) is 10.1. The molecule has 0 amide bonds. The fraction of sp³-hybridized carbons (Fsp3) is 0.467. The second kappa shape index (κ2) is 5.85. The maximum Gasteiger partial charge on any atom is 0.258 e. The van der Waals surface area contributed by atoms with E-state index in [0.29, 0.717) is 5.17 Å². The lowest BCUT2D eigenvalue weighted by Gasteiger charge is -2.37. The van der Waals surface area contributed by atoms with Gasteiger partial charge in [0.25, 0.3) is 5.17 Å². The molecule has 21 heavy (non-hydrogen) atoms. The maximum absolute atomic E-state index is 6.12. The molecule has 3 rings (SSSR count). The van der Waals surface area contributed by atoms with Crippen LogP contribution in [-0.4, -0.2) is 27.4 Å². The number of aromatic nitrogens is 2.